The van der Waals surface area contributed by atoms with Crippen molar-refractivity contribution < 1.29 is 18.7 Å². The molecule has 2 aliphatic rings. The zero-order valence-corrected chi connectivity index (χ0v) is 14.6. The van der Waals surface area contributed by atoms with E-state index < -0.39 is 12.2 Å². The van der Waals surface area contributed by atoms with Crippen LogP contribution in [0.4, 0.5) is 15.8 Å². The number of hydrogen-bond acceptors (Lipinski definition) is 4. The summed E-state index contributed by atoms with van der Waals surface area (Å²) in [4.78, 5) is 14.8. The van der Waals surface area contributed by atoms with Crippen LogP contribution in [-0.4, -0.2) is 31.2 Å². The van der Waals surface area contributed by atoms with Crippen LogP contribution in [0.25, 0.3) is 0 Å². The van der Waals surface area contributed by atoms with Crippen LogP contribution in [0.1, 0.15) is 19.8 Å². The van der Waals surface area contributed by atoms with Gasteiger partial charge in [-0.25, -0.2) is 4.39 Å². The average Bonchev–Trinajstić information content (AvgIpc) is 3.15. The predicted octanol–water partition coefficient (Wildman–Crippen LogP) is 3.59. The maximum absolute atomic E-state index is 14.0. The van der Waals surface area contributed by atoms with Gasteiger partial charge in [0.15, 0.2) is 11.5 Å². The first-order chi connectivity index (χ1) is 12.6. The van der Waals surface area contributed by atoms with Crippen LogP contribution in [0.2, 0.25) is 0 Å². The first-order valence-electron chi connectivity index (χ1n) is 8.89. The van der Waals surface area contributed by atoms with Crippen molar-refractivity contribution in [3.63, 3.8) is 0 Å². The molecule has 1 saturated heterocycles. The van der Waals surface area contributed by atoms with Gasteiger partial charge in [0.2, 0.25) is 6.10 Å². The fourth-order valence-electron chi connectivity index (χ4n) is 3.42. The topological polar surface area (TPSA) is 50.8 Å². The van der Waals surface area contributed by atoms with E-state index in [2.05, 4.69) is 10.2 Å². The molecule has 0 unspecified atom stereocenters. The predicted molar refractivity (Wildman–Crippen MR) is 97.4 cm³/mol. The van der Waals surface area contributed by atoms with Gasteiger partial charge in [-0.3, -0.25) is 4.79 Å². The number of nitrogens with one attached hydrogen (secondary N) is 1. The lowest BCUT2D eigenvalue weighted by Gasteiger charge is -2.31. The number of hydrogen-bond donors (Lipinski definition) is 1. The molecule has 0 bridgehead atoms. The molecule has 26 heavy (non-hydrogen) atoms. The monoisotopic (exact) mass is 356 g/mol. The van der Waals surface area contributed by atoms with Crippen molar-refractivity contribution in [2.24, 2.45) is 0 Å². The number of anilines is 2. The van der Waals surface area contributed by atoms with Crippen LogP contribution in [-0.2, 0) is 4.79 Å². The van der Waals surface area contributed by atoms with E-state index in [4.69, 9.17) is 9.47 Å². The second-order valence-electron chi connectivity index (χ2n) is 6.69. The number of para-hydroxylation sites is 2. The van der Waals surface area contributed by atoms with Crippen LogP contribution < -0.4 is 19.7 Å². The fraction of sp³-hybridized carbons (Fsp3) is 0.350. The van der Waals surface area contributed by atoms with Gasteiger partial charge in [-0.05, 0) is 50.1 Å². The molecule has 2 aliphatic heterocycles. The summed E-state index contributed by atoms with van der Waals surface area (Å²) < 4.78 is 25.6. The van der Waals surface area contributed by atoms with Gasteiger partial charge in [0, 0.05) is 24.5 Å². The third-order valence-electron chi connectivity index (χ3n) is 4.72. The summed E-state index contributed by atoms with van der Waals surface area (Å²) >= 11 is 0. The van der Waals surface area contributed by atoms with Crippen molar-refractivity contribution in [2.45, 2.75) is 32.0 Å². The highest BCUT2D eigenvalue weighted by Crippen LogP contribution is 2.34. The Morgan fingerprint density at radius 1 is 1.12 bits per heavy atom. The summed E-state index contributed by atoms with van der Waals surface area (Å²) in [6.07, 6.45) is 0.949. The molecule has 1 fully saturated rings. The van der Waals surface area contributed by atoms with Gasteiger partial charge in [-0.1, -0.05) is 12.1 Å². The molecule has 2 aromatic rings. The van der Waals surface area contributed by atoms with Crippen molar-refractivity contribution in [3.8, 4) is 11.5 Å². The average molecular weight is 356 g/mol. The van der Waals surface area contributed by atoms with Crippen LogP contribution in [0.3, 0.4) is 0 Å². The third kappa shape index (κ3) is 3.31. The molecule has 0 spiro atoms. The maximum Gasteiger partial charge on any atom is 0.269 e. The van der Waals surface area contributed by atoms with Crippen molar-refractivity contribution in [1.82, 2.24) is 0 Å². The minimum atomic E-state index is -0.802. The molecular weight excluding hydrogens is 335 g/mol. The Kier molecular flexibility index (Phi) is 4.41. The number of halogens is 1. The molecule has 0 aromatic heterocycles. The molecule has 2 atom stereocenters. The van der Waals surface area contributed by atoms with Crippen LogP contribution in [0.15, 0.2) is 42.5 Å². The van der Waals surface area contributed by atoms with Crippen LogP contribution >= 0.6 is 0 Å². The van der Waals surface area contributed by atoms with Gasteiger partial charge < -0.3 is 19.7 Å². The number of rotatable bonds is 3. The van der Waals surface area contributed by atoms with Crippen molar-refractivity contribution in [2.75, 3.05) is 23.3 Å². The number of carbonyl (C=O) groups excluding carboxylic acids is 1. The lowest BCUT2D eigenvalue weighted by atomic mass is 10.1. The van der Waals surface area contributed by atoms with Crippen LogP contribution in [0, 0.1) is 5.82 Å². The number of benzene rings is 2. The second kappa shape index (κ2) is 6.86. The van der Waals surface area contributed by atoms with Crippen molar-refractivity contribution >= 4 is 17.3 Å². The van der Waals surface area contributed by atoms with E-state index in [0.29, 0.717) is 17.2 Å². The molecule has 0 saturated carbocycles. The fourth-order valence-corrected chi connectivity index (χ4v) is 3.42. The second-order valence-corrected chi connectivity index (χ2v) is 6.69. The SMILES string of the molecule is C[C@@H]1Oc2ccccc2O[C@@H]1C(=O)Nc1cc(F)cc(N2CCCC2)c1. The van der Waals surface area contributed by atoms with Crippen molar-refractivity contribution in [3.05, 3.63) is 48.3 Å². The van der Waals surface area contributed by atoms with Crippen molar-refractivity contribution in [1.29, 1.82) is 0 Å². The van der Waals surface area contributed by atoms with Gasteiger partial charge in [-0.2, -0.15) is 0 Å². The van der Waals surface area contributed by atoms with Gasteiger partial charge >= 0.3 is 0 Å². The standard InChI is InChI=1S/C20H21FN2O3/c1-13-19(26-18-7-3-2-6-17(18)25-13)20(24)22-15-10-14(21)11-16(12-15)23-8-4-5-9-23/h2-3,6-7,10-13,19H,4-5,8-9H2,1H3,(H,22,24)/t13-,19-/m0/s1. The van der Waals surface area contributed by atoms with E-state index >= 15 is 0 Å². The molecule has 2 aromatic carbocycles. The molecule has 4 rings (SSSR count). The Hall–Kier alpha value is -2.76. The Bertz CT molecular complexity index is 820. The van der Waals surface area contributed by atoms with E-state index in [1.54, 1.807) is 25.1 Å². The number of carbonyl (C=O) groups is 1. The van der Waals surface area contributed by atoms with E-state index in [-0.39, 0.29) is 11.7 Å². The molecule has 1 N–H and O–H groups in total. The lowest BCUT2D eigenvalue weighted by molar-refractivity contribution is -0.128. The zero-order chi connectivity index (χ0) is 18.1. The minimum Gasteiger partial charge on any atom is -0.482 e. The Morgan fingerprint density at radius 2 is 1.81 bits per heavy atom. The summed E-state index contributed by atoms with van der Waals surface area (Å²) in [6, 6.07) is 11.8. The van der Waals surface area contributed by atoms with Gasteiger partial charge in [0.25, 0.3) is 5.91 Å². The molecule has 6 heteroatoms. The molecule has 0 radical (unpaired) electrons. The van der Waals surface area contributed by atoms with Crippen LogP contribution in [0.5, 0.6) is 11.5 Å². The van der Waals surface area contributed by atoms with E-state index in [1.165, 1.54) is 12.1 Å². The summed E-state index contributed by atoms with van der Waals surface area (Å²) in [7, 11) is 0. The maximum atomic E-state index is 14.0. The number of ether oxygens (including phenoxy) is 2. The zero-order valence-electron chi connectivity index (χ0n) is 14.6. The summed E-state index contributed by atoms with van der Waals surface area (Å²) in [5, 5.41) is 2.77. The largest absolute Gasteiger partial charge is 0.482 e. The molecule has 136 valence electrons. The summed E-state index contributed by atoms with van der Waals surface area (Å²) in [5.41, 5.74) is 1.21. The molecule has 1 amide bonds. The van der Waals surface area contributed by atoms with Gasteiger partial charge in [0.1, 0.15) is 11.9 Å². The quantitative estimate of drug-likeness (QED) is 0.913. The smallest absolute Gasteiger partial charge is 0.269 e. The van der Waals surface area contributed by atoms with E-state index in [1.807, 2.05) is 12.1 Å². The molecule has 5 nitrogen and oxygen atoms in total. The lowest BCUT2D eigenvalue weighted by Crippen LogP contribution is -2.46. The first kappa shape index (κ1) is 16.7. The highest BCUT2D eigenvalue weighted by molar-refractivity contribution is 5.95. The molecule has 2 heterocycles. The highest BCUT2D eigenvalue weighted by Gasteiger charge is 2.34. The number of amides is 1. The number of fused-ring (bicyclic) bond motifs is 1. The van der Waals surface area contributed by atoms with E-state index in [9.17, 15) is 9.18 Å². The Labute approximate surface area is 151 Å². The molecular formula is C20H21FN2O3. The minimum absolute atomic E-state index is 0.357. The Morgan fingerprint density at radius 3 is 2.54 bits per heavy atom. The van der Waals surface area contributed by atoms with Gasteiger partial charge in [0.05, 0.1) is 0 Å². The third-order valence-corrected chi connectivity index (χ3v) is 4.72. The summed E-state index contributed by atoms with van der Waals surface area (Å²) in [6.45, 7) is 3.59. The Balaban J connectivity index is 1.51. The molecule has 0 aliphatic carbocycles. The van der Waals surface area contributed by atoms with E-state index in [0.717, 1.165) is 31.6 Å². The highest BCUT2D eigenvalue weighted by atomic mass is 19.1. The normalized spacial score (nSPS) is 21.5. The summed E-state index contributed by atoms with van der Waals surface area (Å²) in [5.74, 6) is 0.419. The first-order valence-corrected chi connectivity index (χ1v) is 8.89. The van der Waals surface area contributed by atoms with Gasteiger partial charge in [-0.15, -0.1) is 0 Å². The number of nitrogens with zero attached hydrogens (tertiary/aromatic N) is 1.